The van der Waals surface area contributed by atoms with Crippen LogP contribution in [0.5, 0.6) is 0 Å². The van der Waals surface area contributed by atoms with Gasteiger partial charge in [0.15, 0.2) is 5.78 Å². The van der Waals surface area contributed by atoms with Crippen LogP contribution >= 0.6 is 0 Å². The van der Waals surface area contributed by atoms with E-state index in [-0.39, 0.29) is 5.78 Å². The Bertz CT molecular complexity index is 370. The number of carbonyl (C=O) groups is 1. The number of pyridine rings is 1. The summed E-state index contributed by atoms with van der Waals surface area (Å²) in [6.45, 7) is 2.75. The van der Waals surface area contributed by atoms with Gasteiger partial charge in [-0.2, -0.15) is 0 Å². The Morgan fingerprint density at radius 3 is 3.19 bits per heavy atom. The van der Waals surface area contributed by atoms with Gasteiger partial charge in [-0.3, -0.25) is 9.78 Å². The lowest BCUT2D eigenvalue weighted by molar-refractivity contribution is 0.0859. The van der Waals surface area contributed by atoms with Gasteiger partial charge in [0, 0.05) is 30.5 Å². The van der Waals surface area contributed by atoms with Gasteiger partial charge in [-0.15, -0.1) is 0 Å². The molecule has 1 aromatic heterocycles. The molecule has 16 heavy (non-hydrogen) atoms. The largest absolute Gasteiger partial charge is 0.378 e. The number of aromatic nitrogens is 1. The number of aryl methyl sites for hydroxylation is 1. The molecule has 1 fully saturated rings. The number of carbonyl (C=O) groups excluding carboxylic acids is 1. The highest BCUT2D eigenvalue weighted by Crippen LogP contribution is 2.18. The minimum absolute atomic E-state index is 0.195. The van der Waals surface area contributed by atoms with Crippen molar-refractivity contribution in [2.45, 2.75) is 38.7 Å². The van der Waals surface area contributed by atoms with E-state index in [2.05, 4.69) is 4.98 Å². The highest BCUT2D eigenvalue weighted by atomic mass is 16.5. The van der Waals surface area contributed by atoms with Crippen LogP contribution in [0, 0.1) is 6.92 Å². The summed E-state index contributed by atoms with van der Waals surface area (Å²) in [5, 5.41) is 0. The zero-order valence-electron chi connectivity index (χ0n) is 9.61. The molecule has 86 valence electrons. The molecule has 2 rings (SSSR count). The summed E-state index contributed by atoms with van der Waals surface area (Å²) in [5.74, 6) is 0.195. The molecule has 0 spiro atoms. The van der Waals surface area contributed by atoms with Crippen molar-refractivity contribution in [3.63, 3.8) is 0 Å². The van der Waals surface area contributed by atoms with Crippen LogP contribution in [0.25, 0.3) is 0 Å². The summed E-state index contributed by atoms with van der Waals surface area (Å²) in [7, 11) is 0. The summed E-state index contributed by atoms with van der Waals surface area (Å²) in [6.07, 6.45) is 5.64. The van der Waals surface area contributed by atoms with Gasteiger partial charge in [-0.05, 0) is 38.3 Å². The molecule has 3 heteroatoms. The highest BCUT2D eigenvalue weighted by Gasteiger charge is 2.17. The summed E-state index contributed by atoms with van der Waals surface area (Å²) >= 11 is 0. The quantitative estimate of drug-likeness (QED) is 0.730. The van der Waals surface area contributed by atoms with Crippen molar-refractivity contribution in [2.24, 2.45) is 0 Å². The second kappa shape index (κ2) is 5.21. The van der Waals surface area contributed by atoms with Crippen LogP contribution in [0.1, 0.15) is 41.7 Å². The number of ether oxygens (including phenoxy) is 1. The second-order valence-corrected chi connectivity index (χ2v) is 4.28. The van der Waals surface area contributed by atoms with E-state index >= 15 is 0 Å². The van der Waals surface area contributed by atoms with Gasteiger partial charge in [0.05, 0.1) is 6.10 Å². The summed E-state index contributed by atoms with van der Waals surface area (Å²) in [4.78, 5) is 16.0. The van der Waals surface area contributed by atoms with Gasteiger partial charge >= 0.3 is 0 Å². The number of rotatable bonds is 4. The Labute approximate surface area is 95.8 Å². The van der Waals surface area contributed by atoms with Crippen LogP contribution in [-0.2, 0) is 4.74 Å². The van der Waals surface area contributed by atoms with Crippen LogP contribution in [0.2, 0.25) is 0 Å². The van der Waals surface area contributed by atoms with Crippen molar-refractivity contribution in [1.29, 1.82) is 0 Å². The fourth-order valence-electron chi connectivity index (χ4n) is 2.03. The molecule has 1 aliphatic rings. The van der Waals surface area contributed by atoms with Gasteiger partial charge in [0.1, 0.15) is 0 Å². The highest BCUT2D eigenvalue weighted by molar-refractivity contribution is 5.96. The SMILES string of the molecule is Cc1cc(C(=O)CCC2CCCO2)ccn1. The van der Waals surface area contributed by atoms with E-state index in [1.165, 1.54) is 0 Å². The molecule has 1 unspecified atom stereocenters. The van der Waals surface area contributed by atoms with Gasteiger partial charge in [0.2, 0.25) is 0 Å². The van der Waals surface area contributed by atoms with Crippen molar-refractivity contribution in [3.8, 4) is 0 Å². The third kappa shape index (κ3) is 2.89. The molecule has 1 aromatic rings. The van der Waals surface area contributed by atoms with Gasteiger partial charge in [-0.25, -0.2) is 0 Å². The zero-order valence-corrected chi connectivity index (χ0v) is 9.61. The lowest BCUT2D eigenvalue weighted by atomic mass is 10.0. The molecule has 0 bridgehead atoms. The topological polar surface area (TPSA) is 39.2 Å². The molecule has 0 aliphatic carbocycles. The molecule has 2 heterocycles. The third-order valence-corrected chi connectivity index (χ3v) is 2.94. The summed E-state index contributed by atoms with van der Waals surface area (Å²) in [5.41, 5.74) is 1.66. The monoisotopic (exact) mass is 219 g/mol. The maximum Gasteiger partial charge on any atom is 0.163 e. The standard InChI is InChI=1S/C13H17NO2/c1-10-9-11(6-7-14-10)13(15)5-4-12-3-2-8-16-12/h6-7,9,12H,2-5,8H2,1H3. The Hall–Kier alpha value is -1.22. The molecule has 1 atom stereocenters. The lowest BCUT2D eigenvalue weighted by Crippen LogP contribution is -2.09. The molecule has 0 amide bonds. The fourth-order valence-corrected chi connectivity index (χ4v) is 2.03. The Kier molecular flexibility index (Phi) is 3.67. The van der Waals surface area contributed by atoms with Gasteiger partial charge < -0.3 is 4.74 Å². The van der Waals surface area contributed by atoms with Crippen LogP contribution in [0.15, 0.2) is 18.3 Å². The summed E-state index contributed by atoms with van der Waals surface area (Å²) in [6, 6.07) is 3.63. The number of Topliss-reactive ketones (excluding diaryl/α,β-unsaturated/α-hetero) is 1. The first-order valence-corrected chi connectivity index (χ1v) is 5.83. The number of nitrogens with zero attached hydrogens (tertiary/aromatic N) is 1. The normalized spacial score (nSPS) is 19.9. The van der Waals surface area contributed by atoms with E-state index in [1.54, 1.807) is 12.3 Å². The third-order valence-electron chi connectivity index (χ3n) is 2.94. The van der Waals surface area contributed by atoms with E-state index in [4.69, 9.17) is 4.74 Å². The molecule has 1 aliphatic heterocycles. The predicted octanol–water partition coefficient (Wildman–Crippen LogP) is 2.53. The van der Waals surface area contributed by atoms with Gasteiger partial charge in [0.25, 0.3) is 0 Å². The van der Waals surface area contributed by atoms with Crippen molar-refractivity contribution in [2.75, 3.05) is 6.61 Å². The Balaban J connectivity index is 1.87. The smallest absolute Gasteiger partial charge is 0.163 e. The van der Waals surface area contributed by atoms with Crippen molar-refractivity contribution in [3.05, 3.63) is 29.6 Å². The second-order valence-electron chi connectivity index (χ2n) is 4.28. The number of hydrogen-bond donors (Lipinski definition) is 0. The maximum atomic E-state index is 11.9. The van der Waals surface area contributed by atoms with Crippen molar-refractivity contribution >= 4 is 5.78 Å². The van der Waals surface area contributed by atoms with Crippen LogP contribution in [-0.4, -0.2) is 23.5 Å². The average Bonchev–Trinajstić information content (AvgIpc) is 2.78. The minimum Gasteiger partial charge on any atom is -0.378 e. The van der Waals surface area contributed by atoms with Crippen LogP contribution < -0.4 is 0 Å². The van der Waals surface area contributed by atoms with Crippen LogP contribution in [0.4, 0.5) is 0 Å². The van der Waals surface area contributed by atoms with Gasteiger partial charge in [-0.1, -0.05) is 0 Å². The minimum atomic E-state index is 0.195. The number of ketones is 1. The first-order chi connectivity index (χ1) is 7.75. The first kappa shape index (κ1) is 11.3. The van der Waals surface area contributed by atoms with Crippen LogP contribution in [0.3, 0.4) is 0 Å². The Morgan fingerprint density at radius 2 is 2.50 bits per heavy atom. The molecular formula is C13H17NO2. The first-order valence-electron chi connectivity index (χ1n) is 5.83. The maximum absolute atomic E-state index is 11.9. The van der Waals surface area contributed by atoms with E-state index in [1.807, 2.05) is 13.0 Å². The van der Waals surface area contributed by atoms with Crippen molar-refractivity contribution in [1.82, 2.24) is 4.98 Å². The van der Waals surface area contributed by atoms with Crippen molar-refractivity contribution < 1.29 is 9.53 Å². The van der Waals surface area contributed by atoms with E-state index in [9.17, 15) is 4.79 Å². The molecule has 1 saturated heterocycles. The number of hydrogen-bond acceptors (Lipinski definition) is 3. The molecule has 0 aromatic carbocycles. The molecule has 3 nitrogen and oxygen atoms in total. The molecule has 0 N–H and O–H groups in total. The molecule has 0 radical (unpaired) electrons. The predicted molar refractivity (Wildman–Crippen MR) is 61.5 cm³/mol. The summed E-state index contributed by atoms with van der Waals surface area (Å²) < 4.78 is 5.50. The van der Waals surface area contributed by atoms with E-state index in [0.29, 0.717) is 12.5 Å². The lowest BCUT2D eigenvalue weighted by Gasteiger charge is -2.08. The molecule has 0 saturated carbocycles. The average molecular weight is 219 g/mol. The fraction of sp³-hybridized carbons (Fsp3) is 0.538. The zero-order chi connectivity index (χ0) is 11.4. The van der Waals surface area contributed by atoms with E-state index < -0.39 is 0 Å². The van der Waals surface area contributed by atoms with E-state index in [0.717, 1.165) is 37.1 Å². The Morgan fingerprint density at radius 1 is 1.62 bits per heavy atom. The molecular weight excluding hydrogens is 202 g/mol.